The van der Waals surface area contributed by atoms with E-state index in [1.165, 1.54) is 50.6 Å². The van der Waals surface area contributed by atoms with Gasteiger partial charge in [-0.15, -0.1) is 0 Å². The molecule has 3 heterocycles. The number of piperidine rings is 2. The first-order valence-electron chi connectivity index (χ1n) is 13.4. The van der Waals surface area contributed by atoms with Crippen molar-refractivity contribution in [3.05, 3.63) is 30.3 Å². The summed E-state index contributed by atoms with van der Waals surface area (Å²) in [5.74, 6) is 1.20. The number of nitrogens with zero attached hydrogens (tertiary/aromatic N) is 1. The summed E-state index contributed by atoms with van der Waals surface area (Å²) in [5, 5.41) is 4.02. The highest BCUT2D eigenvalue weighted by Gasteiger charge is 2.54. The lowest BCUT2D eigenvalue weighted by Crippen LogP contribution is -2.65. The SMILES string of the molecule is CC(C)OC1CC2(CC(=O)CCO2)C(C2CCC3(CCCCC3)NC2)CN1c1ccccc1. The quantitative estimate of drug-likeness (QED) is 0.687. The van der Waals surface area contributed by atoms with Crippen molar-refractivity contribution in [3.63, 3.8) is 0 Å². The predicted octanol–water partition coefficient (Wildman–Crippen LogP) is 5.08. The van der Waals surface area contributed by atoms with Crippen LogP contribution in [0.5, 0.6) is 0 Å². The Balaban J connectivity index is 1.42. The number of carbonyl (C=O) groups excluding carboxylic acids is 1. The van der Waals surface area contributed by atoms with Crippen LogP contribution in [-0.4, -0.2) is 49.0 Å². The Morgan fingerprint density at radius 1 is 1.12 bits per heavy atom. The summed E-state index contributed by atoms with van der Waals surface area (Å²) in [6, 6.07) is 10.7. The molecule has 4 atom stereocenters. The molecule has 1 aliphatic carbocycles. The van der Waals surface area contributed by atoms with E-state index in [0.29, 0.717) is 42.6 Å². The Hall–Kier alpha value is -1.43. The zero-order chi connectivity index (χ0) is 22.9. The maximum atomic E-state index is 12.7. The number of nitrogens with one attached hydrogen (secondary N) is 1. The molecular formula is C28H42N2O3. The van der Waals surface area contributed by atoms with Crippen LogP contribution in [0.4, 0.5) is 5.69 Å². The Kier molecular flexibility index (Phi) is 6.83. The maximum Gasteiger partial charge on any atom is 0.138 e. The molecule has 0 aromatic heterocycles. The van der Waals surface area contributed by atoms with Crippen LogP contribution in [0.25, 0.3) is 0 Å². The number of ketones is 1. The number of ether oxygens (including phenoxy) is 2. The first-order valence-corrected chi connectivity index (χ1v) is 13.4. The molecule has 3 saturated heterocycles. The molecule has 1 N–H and O–H groups in total. The Morgan fingerprint density at radius 2 is 1.91 bits per heavy atom. The lowest BCUT2D eigenvalue weighted by atomic mass is 9.65. The van der Waals surface area contributed by atoms with Crippen LogP contribution in [0, 0.1) is 11.8 Å². The topological polar surface area (TPSA) is 50.8 Å². The van der Waals surface area contributed by atoms with E-state index in [1.54, 1.807) is 0 Å². The molecule has 1 saturated carbocycles. The van der Waals surface area contributed by atoms with Crippen molar-refractivity contribution in [1.29, 1.82) is 0 Å². The number of benzene rings is 1. The van der Waals surface area contributed by atoms with E-state index < -0.39 is 5.60 Å². The van der Waals surface area contributed by atoms with E-state index in [9.17, 15) is 4.79 Å². The molecule has 2 spiro atoms. The van der Waals surface area contributed by atoms with Crippen molar-refractivity contribution in [2.75, 3.05) is 24.6 Å². The van der Waals surface area contributed by atoms with E-state index in [2.05, 4.69) is 54.4 Å². The van der Waals surface area contributed by atoms with E-state index >= 15 is 0 Å². The number of Topliss-reactive ketones (excluding diaryl/α,β-unsaturated/α-hetero) is 1. The van der Waals surface area contributed by atoms with Crippen LogP contribution in [0.1, 0.15) is 78.1 Å². The largest absolute Gasteiger partial charge is 0.374 e. The second-order valence-electron chi connectivity index (χ2n) is 11.3. The Bertz CT molecular complexity index is 797. The average molecular weight is 455 g/mol. The van der Waals surface area contributed by atoms with Gasteiger partial charge in [0.15, 0.2) is 0 Å². The van der Waals surface area contributed by atoms with Gasteiger partial charge < -0.3 is 19.7 Å². The van der Waals surface area contributed by atoms with Crippen molar-refractivity contribution in [3.8, 4) is 0 Å². The molecule has 0 bridgehead atoms. The number of anilines is 1. The van der Waals surface area contributed by atoms with Crippen LogP contribution in [0.15, 0.2) is 30.3 Å². The Morgan fingerprint density at radius 3 is 2.58 bits per heavy atom. The lowest BCUT2D eigenvalue weighted by molar-refractivity contribution is -0.181. The van der Waals surface area contributed by atoms with Gasteiger partial charge in [-0.1, -0.05) is 37.5 Å². The van der Waals surface area contributed by atoms with Crippen LogP contribution >= 0.6 is 0 Å². The predicted molar refractivity (Wildman–Crippen MR) is 131 cm³/mol. The second kappa shape index (κ2) is 9.67. The second-order valence-corrected chi connectivity index (χ2v) is 11.3. The van der Waals surface area contributed by atoms with Gasteiger partial charge in [0.05, 0.1) is 18.3 Å². The zero-order valence-corrected chi connectivity index (χ0v) is 20.6. The number of carbonyl (C=O) groups is 1. The summed E-state index contributed by atoms with van der Waals surface area (Å²) < 4.78 is 13.1. The average Bonchev–Trinajstić information content (AvgIpc) is 2.81. The third-order valence-corrected chi connectivity index (χ3v) is 8.83. The van der Waals surface area contributed by atoms with Crippen LogP contribution in [-0.2, 0) is 14.3 Å². The third kappa shape index (κ3) is 4.87. The highest BCUT2D eigenvalue weighted by Crippen LogP contribution is 2.48. The van der Waals surface area contributed by atoms with Gasteiger partial charge in [0.25, 0.3) is 0 Å². The van der Waals surface area contributed by atoms with Gasteiger partial charge in [0, 0.05) is 43.0 Å². The minimum absolute atomic E-state index is 0.0733. The van der Waals surface area contributed by atoms with Gasteiger partial charge in [-0.05, 0) is 64.1 Å². The van der Waals surface area contributed by atoms with Gasteiger partial charge in [0.1, 0.15) is 12.0 Å². The monoisotopic (exact) mass is 454 g/mol. The van der Waals surface area contributed by atoms with Crippen molar-refractivity contribution in [1.82, 2.24) is 5.32 Å². The molecule has 5 nitrogen and oxygen atoms in total. The van der Waals surface area contributed by atoms with Gasteiger partial charge in [-0.2, -0.15) is 0 Å². The molecule has 1 aromatic carbocycles. The summed E-state index contributed by atoms with van der Waals surface area (Å²) in [4.78, 5) is 15.2. The highest BCUT2D eigenvalue weighted by molar-refractivity contribution is 5.80. The van der Waals surface area contributed by atoms with Gasteiger partial charge in [-0.25, -0.2) is 0 Å². The highest BCUT2D eigenvalue weighted by atomic mass is 16.5. The number of hydrogen-bond acceptors (Lipinski definition) is 5. The summed E-state index contributed by atoms with van der Waals surface area (Å²) in [6.45, 7) is 6.68. The van der Waals surface area contributed by atoms with Crippen molar-refractivity contribution < 1.29 is 14.3 Å². The Labute approximate surface area is 199 Å². The number of para-hydroxylation sites is 1. The fourth-order valence-corrected chi connectivity index (χ4v) is 7.17. The van der Waals surface area contributed by atoms with E-state index in [0.717, 1.165) is 19.5 Å². The van der Waals surface area contributed by atoms with Gasteiger partial charge >= 0.3 is 0 Å². The minimum atomic E-state index is -0.399. The molecule has 5 rings (SSSR count). The standard InChI is InChI=1S/C28H42N2O3/c1-21(2)33-26-18-28(17-24(31)12-16-32-28)25(20-30(26)23-9-5-3-6-10-23)22-11-15-27(29-19-22)13-7-4-8-14-27/h3,5-6,9-10,21-22,25-26,29H,4,7-8,11-20H2,1-2H3. The van der Waals surface area contributed by atoms with E-state index in [-0.39, 0.29) is 12.3 Å². The van der Waals surface area contributed by atoms with Gasteiger partial charge in [-0.3, -0.25) is 4.79 Å². The minimum Gasteiger partial charge on any atom is -0.374 e. The number of hydrogen-bond donors (Lipinski definition) is 1. The molecule has 1 aromatic rings. The smallest absolute Gasteiger partial charge is 0.138 e. The first kappa shape index (κ1) is 23.3. The fraction of sp³-hybridized carbons (Fsp3) is 0.750. The molecule has 33 heavy (non-hydrogen) atoms. The first-order chi connectivity index (χ1) is 16.0. The van der Waals surface area contributed by atoms with E-state index in [4.69, 9.17) is 9.47 Å². The van der Waals surface area contributed by atoms with Crippen LogP contribution in [0.3, 0.4) is 0 Å². The fourth-order valence-electron chi connectivity index (χ4n) is 7.17. The molecule has 182 valence electrons. The summed E-state index contributed by atoms with van der Waals surface area (Å²) in [6.07, 6.45) is 11.2. The van der Waals surface area contributed by atoms with Crippen molar-refractivity contribution in [2.24, 2.45) is 11.8 Å². The molecular weight excluding hydrogens is 412 g/mol. The zero-order valence-electron chi connectivity index (χ0n) is 20.6. The molecule has 0 amide bonds. The summed E-state index contributed by atoms with van der Waals surface area (Å²) >= 11 is 0. The van der Waals surface area contributed by atoms with Crippen LogP contribution in [0.2, 0.25) is 0 Å². The lowest BCUT2D eigenvalue weighted by Gasteiger charge is -2.56. The van der Waals surface area contributed by atoms with Crippen LogP contribution < -0.4 is 10.2 Å². The molecule has 4 unspecified atom stereocenters. The molecule has 4 fully saturated rings. The normalized spacial score (nSPS) is 34.8. The molecule has 5 heteroatoms. The summed E-state index contributed by atoms with van der Waals surface area (Å²) in [5.41, 5.74) is 1.17. The summed E-state index contributed by atoms with van der Waals surface area (Å²) in [7, 11) is 0. The molecule has 0 radical (unpaired) electrons. The van der Waals surface area contributed by atoms with Gasteiger partial charge in [0.2, 0.25) is 0 Å². The third-order valence-electron chi connectivity index (χ3n) is 8.83. The van der Waals surface area contributed by atoms with Crippen molar-refractivity contribution >= 4 is 11.5 Å². The number of rotatable bonds is 4. The maximum absolute atomic E-state index is 12.7. The molecule has 3 aliphatic heterocycles. The molecule has 4 aliphatic rings. The van der Waals surface area contributed by atoms with E-state index in [1.807, 2.05) is 0 Å². The van der Waals surface area contributed by atoms with Crippen molar-refractivity contribution in [2.45, 2.75) is 102 Å².